The number of methoxy groups -OCH3 is 1. The monoisotopic (exact) mass is 250 g/mol. The largest absolute Gasteiger partial charge is 0.496 e. The second kappa shape index (κ2) is 6.76. The SMILES string of the molecule is COc1ccc(CO)cc1COC1CCCCC1. The van der Waals surface area contributed by atoms with E-state index in [1.54, 1.807) is 7.11 Å². The molecular formula is C15H22O3. The van der Waals surface area contributed by atoms with Gasteiger partial charge in [-0.15, -0.1) is 0 Å². The number of hydrogen-bond donors (Lipinski definition) is 1. The van der Waals surface area contributed by atoms with E-state index in [2.05, 4.69) is 0 Å². The number of ether oxygens (including phenoxy) is 2. The van der Waals surface area contributed by atoms with Gasteiger partial charge in [0.15, 0.2) is 0 Å². The van der Waals surface area contributed by atoms with Crippen LogP contribution in [-0.4, -0.2) is 18.3 Å². The number of aliphatic hydroxyl groups excluding tert-OH is 1. The molecule has 1 aromatic carbocycles. The Hall–Kier alpha value is -1.06. The molecule has 100 valence electrons. The first-order valence-corrected chi connectivity index (χ1v) is 6.71. The molecule has 0 aromatic heterocycles. The molecule has 1 fully saturated rings. The third-order valence-corrected chi connectivity index (χ3v) is 3.55. The molecule has 1 aliphatic carbocycles. The van der Waals surface area contributed by atoms with Crippen molar-refractivity contribution in [3.8, 4) is 5.75 Å². The number of benzene rings is 1. The van der Waals surface area contributed by atoms with Crippen molar-refractivity contribution < 1.29 is 14.6 Å². The van der Waals surface area contributed by atoms with Gasteiger partial charge in [0.05, 0.1) is 26.4 Å². The van der Waals surface area contributed by atoms with Gasteiger partial charge in [0, 0.05) is 5.56 Å². The van der Waals surface area contributed by atoms with Crippen LogP contribution in [0.15, 0.2) is 18.2 Å². The second-order valence-electron chi connectivity index (χ2n) is 4.88. The van der Waals surface area contributed by atoms with Gasteiger partial charge < -0.3 is 14.6 Å². The highest BCUT2D eigenvalue weighted by molar-refractivity contribution is 5.36. The fourth-order valence-corrected chi connectivity index (χ4v) is 2.48. The summed E-state index contributed by atoms with van der Waals surface area (Å²) in [6, 6.07) is 5.73. The summed E-state index contributed by atoms with van der Waals surface area (Å²) in [5.74, 6) is 0.836. The minimum absolute atomic E-state index is 0.0560. The summed E-state index contributed by atoms with van der Waals surface area (Å²) in [7, 11) is 1.66. The van der Waals surface area contributed by atoms with Crippen LogP contribution < -0.4 is 4.74 Å². The Morgan fingerprint density at radius 3 is 2.67 bits per heavy atom. The number of rotatable bonds is 5. The molecule has 1 N–H and O–H groups in total. The summed E-state index contributed by atoms with van der Waals surface area (Å²) in [5.41, 5.74) is 1.92. The molecule has 1 saturated carbocycles. The predicted octanol–water partition coefficient (Wildman–Crippen LogP) is 3.04. The van der Waals surface area contributed by atoms with E-state index in [0.29, 0.717) is 12.7 Å². The first-order valence-electron chi connectivity index (χ1n) is 6.71. The Morgan fingerprint density at radius 1 is 1.22 bits per heavy atom. The Morgan fingerprint density at radius 2 is 2.00 bits per heavy atom. The number of aliphatic hydroxyl groups is 1. The van der Waals surface area contributed by atoms with Gasteiger partial charge in [0.25, 0.3) is 0 Å². The van der Waals surface area contributed by atoms with Crippen molar-refractivity contribution in [1.82, 2.24) is 0 Å². The van der Waals surface area contributed by atoms with Crippen LogP contribution in [0.25, 0.3) is 0 Å². The highest BCUT2D eigenvalue weighted by atomic mass is 16.5. The molecule has 1 aliphatic rings. The van der Waals surface area contributed by atoms with Gasteiger partial charge in [0.2, 0.25) is 0 Å². The van der Waals surface area contributed by atoms with E-state index in [9.17, 15) is 0 Å². The topological polar surface area (TPSA) is 38.7 Å². The third kappa shape index (κ3) is 3.47. The van der Waals surface area contributed by atoms with Crippen molar-refractivity contribution in [2.24, 2.45) is 0 Å². The maximum atomic E-state index is 9.16. The Labute approximate surface area is 109 Å². The van der Waals surface area contributed by atoms with Gasteiger partial charge in [-0.2, -0.15) is 0 Å². The van der Waals surface area contributed by atoms with Gasteiger partial charge in [-0.25, -0.2) is 0 Å². The van der Waals surface area contributed by atoms with Crippen molar-refractivity contribution in [2.45, 2.75) is 51.4 Å². The molecule has 18 heavy (non-hydrogen) atoms. The molecule has 0 bridgehead atoms. The minimum Gasteiger partial charge on any atom is -0.496 e. The lowest BCUT2D eigenvalue weighted by molar-refractivity contribution is 0.0160. The quantitative estimate of drug-likeness (QED) is 0.873. The summed E-state index contributed by atoms with van der Waals surface area (Å²) in [4.78, 5) is 0. The van der Waals surface area contributed by atoms with Crippen molar-refractivity contribution >= 4 is 0 Å². The molecule has 0 amide bonds. The Balaban J connectivity index is 1.97. The molecule has 2 rings (SSSR count). The van der Waals surface area contributed by atoms with E-state index in [1.807, 2.05) is 18.2 Å². The maximum absolute atomic E-state index is 9.16. The highest BCUT2D eigenvalue weighted by Crippen LogP contribution is 2.25. The molecule has 0 unspecified atom stereocenters. The van der Waals surface area contributed by atoms with Gasteiger partial charge in [-0.3, -0.25) is 0 Å². The molecule has 3 nitrogen and oxygen atoms in total. The van der Waals surface area contributed by atoms with Crippen LogP contribution in [0.3, 0.4) is 0 Å². The lowest BCUT2D eigenvalue weighted by Crippen LogP contribution is -2.16. The van der Waals surface area contributed by atoms with E-state index in [4.69, 9.17) is 14.6 Å². The van der Waals surface area contributed by atoms with Gasteiger partial charge in [-0.05, 0) is 30.5 Å². The Bertz CT molecular complexity index is 370. The van der Waals surface area contributed by atoms with E-state index < -0.39 is 0 Å². The maximum Gasteiger partial charge on any atom is 0.124 e. The van der Waals surface area contributed by atoms with E-state index in [1.165, 1.54) is 32.1 Å². The third-order valence-electron chi connectivity index (χ3n) is 3.55. The fourth-order valence-electron chi connectivity index (χ4n) is 2.48. The standard InChI is InChI=1S/C15H22O3/c1-17-15-8-7-12(10-16)9-13(15)11-18-14-5-3-2-4-6-14/h7-9,14,16H,2-6,10-11H2,1H3. The molecular weight excluding hydrogens is 228 g/mol. The summed E-state index contributed by atoms with van der Waals surface area (Å²) in [5, 5.41) is 9.16. The molecule has 0 saturated heterocycles. The lowest BCUT2D eigenvalue weighted by Gasteiger charge is -2.22. The van der Waals surface area contributed by atoms with Crippen LogP contribution in [0.5, 0.6) is 5.75 Å². The highest BCUT2D eigenvalue weighted by Gasteiger charge is 2.14. The summed E-state index contributed by atoms with van der Waals surface area (Å²) < 4.78 is 11.3. The van der Waals surface area contributed by atoms with E-state index in [0.717, 1.165) is 16.9 Å². The lowest BCUT2D eigenvalue weighted by atomic mass is 9.98. The van der Waals surface area contributed by atoms with Crippen LogP contribution in [0.4, 0.5) is 0 Å². The predicted molar refractivity (Wildman–Crippen MR) is 70.6 cm³/mol. The molecule has 3 heteroatoms. The van der Waals surface area contributed by atoms with Crippen LogP contribution in [-0.2, 0) is 18.0 Å². The van der Waals surface area contributed by atoms with Gasteiger partial charge >= 0.3 is 0 Å². The minimum atomic E-state index is 0.0560. The zero-order valence-corrected chi connectivity index (χ0v) is 11.0. The molecule has 0 atom stereocenters. The van der Waals surface area contributed by atoms with Crippen molar-refractivity contribution in [2.75, 3.05) is 7.11 Å². The van der Waals surface area contributed by atoms with Gasteiger partial charge in [0.1, 0.15) is 5.75 Å². The van der Waals surface area contributed by atoms with Crippen molar-refractivity contribution in [1.29, 1.82) is 0 Å². The molecule has 0 heterocycles. The average Bonchev–Trinajstić information content (AvgIpc) is 2.45. The van der Waals surface area contributed by atoms with Crippen molar-refractivity contribution in [3.63, 3.8) is 0 Å². The van der Waals surface area contributed by atoms with Crippen LogP contribution >= 0.6 is 0 Å². The van der Waals surface area contributed by atoms with Crippen molar-refractivity contribution in [3.05, 3.63) is 29.3 Å². The second-order valence-corrected chi connectivity index (χ2v) is 4.88. The summed E-state index contributed by atoms with van der Waals surface area (Å²) >= 11 is 0. The van der Waals surface area contributed by atoms with Crippen LogP contribution in [0.1, 0.15) is 43.2 Å². The normalized spacial score (nSPS) is 16.8. The average molecular weight is 250 g/mol. The Kier molecular flexibility index (Phi) is 5.02. The van der Waals surface area contributed by atoms with Gasteiger partial charge in [-0.1, -0.05) is 25.3 Å². The summed E-state index contributed by atoms with van der Waals surface area (Å²) in [6.45, 7) is 0.627. The van der Waals surface area contributed by atoms with Crippen LogP contribution in [0.2, 0.25) is 0 Å². The zero-order valence-electron chi connectivity index (χ0n) is 11.0. The first-order chi connectivity index (χ1) is 8.83. The molecule has 0 radical (unpaired) electrons. The van der Waals surface area contributed by atoms with E-state index in [-0.39, 0.29) is 6.61 Å². The van der Waals surface area contributed by atoms with Crippen LogP contribution in [0, 0.1) is 0 Å². The summed E-state index contributed by atoms with van der Waals surface area (Å²) in [6.07, 6.45) is 6.62. The van der Waals surface area contributed by atoms with E-state index >= 15 is 0 Å². The molecule has 0 spiro atoms. The molecule has 1 aromatic rings. The zero-order chi connectivity index (χ0) is 12.8. The smallest absolute Gasteiger partial charge is 0.124 e. The fraction of sp³-hybridized carbons (Fsp3) is 0.600. The first kappa shape index (κ1) is 13.4. The number of hydrogen-bond acceptors (Lipinski definition) is 3. The molecule has 0 aliphatic heterocycles.